The third kappa shape index (κ3) is 3.90. The minimum Gasteiger partial charge on any atom is -0.371 e. The Morgan fingerprint density at radius 3 is 2.46 bits per heavy atom. The summed E-state index contributed by atoms with van der Waals surface area (Å²) in [7, 11) is 0. The zero-order valence-corrected chi connectivity index (χ0v) is 15.3. The number of piperidine rings is 1. The third-order valence-corrected chi connectivity index (χ3v) is 5.70. The number of anilines is 1. The summed E-state index contributed by atoms with van der Waals surface area (Å²) in [6.45, 7) is 3.85. The molecule has 2 aromatic rings. The molecule has 2 aliphatic rings. The number of pyridine rings is 1. The molecular formula is C22H27N3O. The normalized spacial score (nSPS) is 18.3. The van der Waals surface area contributed by atoms with Crippen LogP contribution in [0.5, 0.6) is 0 Å². The first-order valence-corrected chi connectivity index (χ1v) is 9.84. The Bertz CT molecular complexity index is 732. The van der Waals surface area contributed by atoms with Crippen LogP contribution in [0.4, 0.5) is 5.69 Å². The Kier molecular flexibility index (Phi) is 5.19. The molecule has 1 aromatic heterocycles. The topological polar surface area (TPSA) is 36.4 Å². The number of hydrogen-bond acceptors (Lipinski definition) is 3. The largest absolute Gasteiger partial charge is 0.371 e. The van der Waals surface area contributed by atoms with Crippen LogP contribution in [0, 0.1) is 5.92 Å². The fourth-order valence-electron chi connectivity index (χ4n) is 4.16. The van der Waals surface area contributed by atoms with Gasteiger partial charge in [-0.1, -0.05) is 30.3 Å². The monoisotopic (exact) mass is 349 g/mol. The quantitative estimate of drug-likeness (QED) is 0.843. The standard InChI is InChI=1S/C22H27N3O/c26-22(25-12-4-5-13-25)21-17-20(8-11-23-21)24-14-9-19(10-15-24)16-18-6-2-1-3-7-18/h1-3,6-8,11,17,19H,4-5,9-10,12-16H2. The maximum atomic E-state index is 12.6. The second kappa shape index (κ2) is 7.90. The van der Waals surface area contributed by atoms with Gasteiger partial charge in [0.1, 0.15) is 5.69 Å². The second-order valence-corrected chi connectivity index (χ2v) is 7.52. The fourth-order valence-corrected chi connectivity index (χ4v) is 4.16. The molecule has 3 heterocycles. The number of rotatable bonds is 4. The van der Waals surface area contributed by atoms with E-state index in [1.165, 1.54) is 24.8 Å². The molecule has 0 aliphatic carbocycles. The van der Waals surface area contributed by atoms with E-state index >= 15 is 0 Å². The molecule has 0 atom stereocenters. The highest BCUT2D eigenvalue weighted by Crippen LogP contribution is 2.26. The first-order chi connectivity index (χ1) is 12.8. The van der Waals surface area contributed by atoms with Crippen LogP contribution in [-0.2, 0) is 6.42 Å². The number of nitrogens with zero attached hydrogens (tertiary/aromatic N) is 3. The highest BCUT2D eigenvalue weighted by molar-refractivity contribution is 5.93. The van der Waals surface area contributed by atoms with Crippen molar-refractivity contribution >= 4 is 11.6 Å². The van der Waals surface area contributed by atoms with Gasteiger partial charge in [0.05, 0.1) is 0 Å². The van der Waals surface area contributed by atoms with Crippen molar-refractivity contribution in [3.63, 3.8) is 0 Å². The molecule has 2 saturated heterocycles. The zero-order valence-electron chi connectivity index (χ0n) is 15.3. The van der Waals surface area contributed by atoms with Crippen molar-refractivity contribution in [1.82, 2.24) is 9.88 Å². The van der Waals surface area contributed by atoms with Crippen LogP contribution in [0.1, 0.15) is 41.7 Å². The number of amides is 1. The molecule has 0 N–H and O–H groups in total. The number of aromatic nitrogens is 1. The summed E-state index contributed by atoms with van der Waals surface area (Å²) in [5.74, 6) is 0.838. The summed E-state index contributed by atoms with van der Waals surface area (Å²) in [4.78, 5) is 21.2. The molecule has 2 fully saturated rings. The predicted molar refractivity (Wildman–Crippen MR) is 104 cm³/mol. The highest BCUT2D eigenvalue weighted by Gasteiger charge is 2.23. The van der Waals surface area contributed by atoms with Gasteiger partial charge in [-0.05, 0) is 55.7 Å². The van der Waals surface area contributed by atoms with Gasteiger partial charge in [-0.25, -0.2) is 0 Å². The molecule has 136 valence electrons. The van der Waals surface area contributed by atoms with Crippen molar-refractivity contribution < 1.29 is 4.79 Å². The number of likely N-dealkylation sites (tertiary alicyclic amines) is 1. The zero-order chi connectivity index (χ0) is 17.8. The molecule has 4 rings (SSSR count). The SMILES string of the molecule is O=C(c1cc(N2CCC(Cc3ccccc3)CC2)ccn1)N1CCCC1. The van der Waals surface area contributed by atoms with Crippen LogP contribution in [0.15, 0.2) is 48.7 Å². The van der Waals surface area contributed by atoms with E-state index in [4.69, 9.17) is 0 Å². The summed E-state index contributed by atoms with van der Waals surface area (Å²) < 4.78 is 0. The lowest BCUT2D eigenvalue weighted by molar-refractivity contribution is 0.0787. The molecule has 0 unspecified atom stereocenters. The van der Waals surface area contributed by atoms with E-state index in [1.807, 2.05) is 17.0 Å². The van der Waals surface area contributed by atoms with Crippen molar-refractivity contribution in [1.29, 1.82) is 0 Å². The average molecular weight is 349 g/mol. The first kappa shape index (κ1) is 17.1. The van der Waals surface area contributed by atoms with Gasteiger partial charge in [0.2, 0.25) is 0 Å². The van der Waals surface area contributed by atoms with E-state index < -0.39 is 0 Å². The molecule has 2 aliphatic heterocycles. The number of carbonyl (C=O) groups is 1. The molecule has 4 heteroatoms. The lowest BCUT2D eigenvalue weighted by Gasteiger charge is -2.34. The van der Waals surface area contributed by atoms with E-state index in [2.05, 4.69) is 40.2 Å². The van der Waals surface area contributed by atoms with Crippen LogP contribution >= 0.6 is 0 Å². The lowest BCUT2D eigenvalue weighted by Crippen LogP contribution is -2.34. The summed E-state index contributed by atoms with van der Waals surface area (Å²) in [5, 5.41) is 0. The molecule has 0 saturated carbocycles. The van der Waals surface area contributed by atoms with E-state index in [1.54, 1.807) is 6.20 Å². The second-order valence-electron chi connectivity index (χ2n) is 7.52. The summed E-state index contributed by atoms with van der Waals surface area (Å²) in [6, 6.07) is 14.8. The number of carbonyl (C=O) groups excluding carboxylic acids is 1. The van der Waals surface area contributed by atoms with E-state index in [-0.39, 0.29) is 5.91 Å². The van der Waals surface area contributed by atoms with Crippen molar-refractivity contribution in [2.24, 2.45) is 5.92 Å². The Morgan fingerprint density at radius 1 is 1.00 bits per heavy atom. The van der Waals surface area contributed by atoms with Crippen LogP contribution in [0.3, 0.4) is 0 Å². The minimum absolute atomic E-state index is 0.0864. The lowest BCUT2D eigenvalue weighted by atomic mass is 9.90. The third-order valence-electron chi connectivity index (χ3n) is 5.70. The first-order valence-electron chi connectivity index (χ1n) is 9.84. The smallest absolute Gasteiger partial charge is 0.272 e. The van der Waals surface area contributed by atoms with Gasteiger partial charge in [0, 0.05) is 38.1 Å². The summed E-state index contributed by atoms with van der Waals surface area (Å²) in [6.07, 6.45) is 7.58. The van der Waals surface area contributed by atoms with Gasteiger partial charge in [0.25, 0.3) is 5.91 Å². The van der Waals surface area contributed by atoms with Crippen molar-refractivity contribution in [3.8, 4) is 0 Å². The molecular weight excluding hydrogens is 322 g/mol. The predicted octanol–water partition coefficient (Wildman–Crippen LogP) is 3.78. The molecule has 0 spiro atoms. The average Bonchev–Trinajstić information content (AvgIpc) is 3.24. The maximum absolute atomic E-state index is 12.6. The van der Waals surface area contributed by atoms with Crippen LogP contribution < -0.4 is 4.90 Å². The number of hydrogen-bond donors (Lipinski definition) is 0. The van der Waals surface area contributed by atoms with E-state index in [0.29, 0.717) is 5.69 Å². The molecule has 1 aromatic carbocycles. The Morgan fingerprint density at radius 2 is 1.73 bits per heavy atom. The van der Waals surface area contributed by atoms with E-state index in [9.17, 15) is 4.79 Å². The molecule has 4 nitrogen and oxygen atoms in total. The van der Waals surface area contributed by atoms with Crippen LogP contribution in [0.25, 0.3) is 0 Å². The minimum atomic E-state index is 0.0864. The van der Waals surface area contributed by atoms with Crippen molar-refractivity contribution in [2.75, 3.05) is 31.1 Å². The summed E-state index contributed by atoms with van der Waals surface area (Å²) in [5.41, 5.74) is 3.17. The van der Waals surface area contributed by atoms with Gasteiger partial charge >= 0.3 is 0 Å². The molecule has 26 heavy (non-hydrogen) atoms. The van der Waals surface area contributed by atoms with Gasteiger partial charge in [-0.15, -0.1) is 0 Å². The maximum Gasteiger partial charge on any atom is 0.272 e. The fraction of sp³-hybridized carbons (Fsp3) is 0.455. The number of benzene rings is 1. The Balaban J connectivity index is 1.37. The summed E-state index contributed by atoms with van der Waals surface area (Å²) >= 11 is 0. The Labute approximate surface area is 155 Å². The van der Waals surface area contributed by atoms with Gasteiger partial charge in [-0.2, -0.15) is 0 Å². The Hall–Kier alpha value is -2.36. The van der Waals surface area contributed by atoms with Gasteiger partial charge in [0.15, 0.2) is 0 Å². The van der Waals surface area contributed by atoms with Crippen LogP contribution in [-0.4, -0.2) is 42.0 Å². The van der Waals surface area contributed by atoms with Gasteiger partial charge < -0.3 is 9.80 Å². The highest BCUT2D eigenvalue weighted by atomic mass is 16.2. The molecule has 1 amide bonds. The van der Waals surface area contributed by atoms with Gasteiger partial charge in [-0.3, -0.25) is 9.78 Å². The van der Waals surface area contributed by atoms with Crippen molar-refractivity contribution in [2.45, 2.75) is 32.1 Å². The van der Waals surface area contributed by atoms with Crippen molar-refractivity contribution in [3.05, 3.63) is 59.9 Å². The van der Waals surface area contributed by atoms with E-state index in [0.717, 1.165) is 50.6 Å². The molecule has 0 radical (unpaired) electrons. The molecule has 0 bridgehead atoms. The van der Waals surface area contributed by atoms with Crippen LogP contribution in [0.2, 0.25) is 0 Å².